The van der Waals surface area contributed by atoms with Crippen molar-refractivity contribution in [1.82, 2.24) is 10.6 Å². The second-order valence-corrected chi connectivity index (χ2v) is 5.73. The third kappa shape index (κ3) is 5.66. The maximum atomic E-state index is 5.21. The second-order valence-electron chi connectivity index (χ2n) is 5.73. The van der Waals surface area contributed by atoms with Crippen LogP contribution in [0, 0.1) is 0 Å². The Balaban J connectivity index is 2.75. The Hall–Kier alpha value is -1.71. The summed E-state index contributed by atoms with van der Waals surface area (Å²) < 4.78 is 5.21. The minimum Gasteiger partial charge on any atom is -0.497 e. The van der Waals surface area contributed by atoms with Gasteiger partial charge in [-0.25, -0.2) is 0 Å². The Kier molecular flexibility index (Phi) is 7.06. The molecule has 2 N–H and O–H groups in total. The predicted molar refractivity (Wildman–Crippen MR) is 90.3 cm³/mol. The Bertz CT molecular complexity index is 438. The summed E-state index contributed by atoms with van der Waals surface area (Å²) in [5.74, 6) is 1.77. The van der Waals surface area contributed by atoms with E-state index >= 15 is 0 Å². The molecule has 0 amide bonds. The molecule has 0 radical (unpaired) electrons. The lowest BCUT2D eigenvalue weighted by atomic mass is 9.85. The number of nitrogens with zero attached hydrogens (tertiary/aromatic N) is 1. The van der Waals surface area contributed by atoms with Gasteiger partial charge in [0.1, 0.15) is 5.75 Å². The summed E-state index contributed by atoms with van der Waals surface area (Å²) in [6, 6.07) is 8.23. The van der Waals surface area contributed by atoms with Crippen molar-refractivity contribution in [3.05, 3.63) is 29.8 Å². The molecule has 0 aromatic heterocycles. The molecule has 1 rings (SSSR count). The van der Waals surface area contributed by atoms with Gasteiger partial charge in [-0.15, -0.1) is 0 Å². The van der Waals surface area contributed by atoms with Gasteiger partial charge in [0.15, 0.2) is 5.96 Å². The summed E-state index contributed by atoms with van der Waals surface area (Å²) in [7, 11) is 1.69. The molecule has 0 aliphatic carbocycles. The van der Waals surface area contributed by atoms with Crippen molar-refractivity contribution in [3.63, 3.8) is 0 Å². The molecule has 4 nitrogen and oxygen atoms in total. The van der Waals surface area contributed by atoms with Crippen LogP contribution in [0.15, 0.2) is 29.3 Å². The van der Waals surface area contributed by atoms with Crippen LogP contribution in [0.2, 0.25) is 0 Å². The number of benzene rings is 1. The summed E-state index contributed by atoms with van der Waals surface area (Å²) in [4.78, 5) is 4.70. The topological polar surface area (TPSA) is 45.7 Å². The summed E-state index contributed by atoms with van der Waals surface area (Å²) in [5, 5.41) is 6.61. The number of aliphatic imine (C=N–C) groups is 1. The van der Waals surface area contributed by atoms with E-state index in [2.05, 4.69) is 50.5 Å². The summed E-state index contributed by atoms with van der Waals surface area (Å²) in [5.41, 5.74) is 1.25. The Morgan fingerprint density at radius 1 is 1.14 bits per heavy atom. The molecule has 1 aromatic carbocycles. The standard InChI is InChI=1S/C17H29N3O/c1-6-12-19-16(18-7-2)20-13-17(3,4)14-8-10-15(21-5)11-9-14/h8-11H,6-7,12-13H2,1-5H3,(H2,18,19,20). The van der Waals surface area contributed by atoms with Crippen molar-refractivity contribution in [2.24, 2.45) is 4.99 Å². The lowest BCUT2D eigenvalue weighted by Crippen LogP contribution is -2.38. The molecule has 0 saturated heterocycles. The molecule has 0 atom stereocenters. The average Bonchev–Trinajstić information content (AvgIpc) is 2.50. The molecule has 0 unspecified atom stereocenters. The van der Waals surface area contributed by atoms with Crippen LogP contribution >= 0.6 is 0 Å². The van der Waals surface area contributed by atoms with E-state index in [1.165, 1.54) is 5.56 Å². The average molecular weight is 291 g/mol. The fourth-order valence-electron chi connectivity index (χ4n) is 2.00. The molecule has 0 saturated carbocycles. The molecule has 21 heavy (non-hydrogen) atoms. The lowest BCUT2D eigenvalue weighted by Gasteiger charge is -2.24. The van der Waals surface area contributed by atoms with Gasteiger partial charge < -0.3 is 15.4 Å². The van der Waals surface area contributed by atoms with Crippen LogP contribution < -0.4 is 15.4 Å². The summed E-state index contributed by atoms with van der Waals surface area (Å²) >= 11 is 0. The van der Waals surface area contributed by atoms with E-state index in [1.54, 1.807) is 7.11 Å². The summed E-state index contributed by atoms with van der Waals surface area (Å²) in [6.45, 7) is 11.2. The SMILES string of the molecule is CCCNC(=NCC(C)(C)c1ccc(OC)cc1)NCC. The van der Waals surface area contributed by atoms with Crippen LogP contribution in [-0.4, -0.2) is 32.7 Å². The normalized spacial score (nSPS) is 12.1. The molecule has 0 fully saturated rings. The van der Waals surface area contributed by atoms with Crippen LogP contribution in [0.3, 0.4) is 0 Å². The van der Waals surface area contributed by atoms with E-state index < -0.39 is 0 Å². The third-order valence-electron chi connectivity index (χ3n) is 3.39. The van der Waals surface area contributed by atoms with E-state index in [9.17, 15) is 0 Å². The Morgan fingerprint density at radius 2 is 1.81 bits per heavy atom. The molecule has 0 bridgehead atoms. The maximum absolute atomic E-state index is 5.21. The van der Waals surface area contributed by atoms with Crippen molar-refractivity contribution in [1.29, 1.82) is 0 Å². The van der Waals surface area contributed by atoms with Crippen LogP contribution in [0.1, 0.15) is 39.7 Å². The van der Waals surface area contributed by atoms with Gasteiger partial charge in [0.25, 0.3) is 0 Å². The molecule has 0 spiro atoms. The molecule has 0 aliphatic rings. The van der Waals surface area contributed by atoms with Gasteiger partial charge in [-0.1, -0.05) is 32.9 Å². The van der Waals surface area contributed by atoms with Gasteiger partial charge in [-0.3, -0.25) is 4.99 Å². The van der Waals surface area contributed by atoms with E-state index in [1.807, 2.05) is 12.1 Å². The highest BCUT2D eigenvalue weighted by Crippen LogP contribution is 2.25. The first-order valence-electron chi connectivity index (χ1n) is 7.70. The third-order valence-corrected chi connectivity index (χ3v) is 3.39. The zero-order chi connectivity index (χ0) is 15.7. The minimum atomic E-state index is -0.0131. The largest absolute Gasteiger partial charge is 0.497 e. The molecule has 4 heteroatoms. The van der Waals surface area contributed by atoms with Gasteiger partial charge in [0.2, 0.25) is 0 Å². The number of ether oxygens (including phenoxy) is 1. The molecule has 118 valence electrons. The van der Waals surface area contributed by atoms with Crippen molar-refractivity contribution < 1.29 is 4.74 Å². The van der Waals surface area contributed by atoms with Crippen molar-refractivity contribution in [2.45, 2.75) is 39.5 Å². The monoisotopic (exact) mass is 291 g/mol. The van der Waals surface area contributed by atoms with Crippen molar-refractivity contribution >= 4 is 5.96 Å². The van der Waals surface area contributed by atoms with E-state index in [4.69, 9.17) is 9.73 Å². The number of hydrogen-bond acceptors (Lipinski definition) is 2. The van der Waals surface area contributed by atoms with Gasteiger partial charge in [0.05, 0.1) is 13.7 Å². The molecule has 0 aliphatic heterocycles. The molecular weight excluding hydrogens is 262 g/mol. The van der Waals surface area contributed by atoms with Crippen molar-refractivity contribution in [2.75, 3.05) is 26.7 Å². The highest BCUT2D eigenvalue weighted by Gasteiger charge is 2.20. The number of nitrogens with one attached hydrogen (secondary N) is 2. The van der Waals surface area contributed by atoms with Crippen LogP contribution in [0.4, 0.5) is 0 Å². The number of rotatable bonds is 7. The van der Waals surface area contributed by atoms with Crippen LogP contribution in [0.25, 0.3) is 0 Å². The first-order chi connectivity index (χ1) is 10.0. The Morgan fingerprint density at radius 3 is 2.33 bits per heavy atom. The smallest absolute Gasteiger partial charge is 0.191 e. The zero-order valence-electron chi connectivity index (χ0n) is 14.0. The van der Waals surface area contributed by atoms with Gasteiger partial charge in [0, 0.05) is 18.5 Å². The summed E-state index contributed by atoms with van der Waals surface area (Å²) in [6.07, 6.45) is 1.09. The fraction of sp³-hybridized carbons (Fsp3) is 0.588. The van der Waals surface area contributed by atoms with E-state index in [0.29, 0.717) is 0 Å². The van der Waals surface area contributed by atoms with Gasteiger partial charge in [-0.2, -0.15) is 0 Å². The van der Waals surface area contributed by atoms with Crippen molar-refractivity contribution in [3.8, 4) is 5.75 Å². The molecular formula is C17H29N3O. The fourth-order valence-corrected chi connectivity index (χ4v) is 2.00. The molecule has 0 heterocycles. The quantitative estimate of drug-likeness (QED) is 0.600. The zero-order valence-corrected chi connectivity index (χ0v) is 14.0. The first kappa shape index (κ1) is 17.3. The predicted octanol–water partition coefficient (Wildman–Crippen LogP) is 2.94. The van der Waals surface area contributed by atoms with Gasteiger partial charge in [-0.05, 0) is 31.0 Å². The van der Waals surface area contributed by atoms with Crippen LogP contribution in [0.5, 0.6) is 5.75 Å². The highest BCUT2D eigenvalue weighted by atomic mass is 16.5. The van der Waals surface area contributed by atoms with Gasteiger partial charge >= 0.3 is 0 Å². The maximum Gasteiger partial charge on any atom is 0.191 e. The first-order valence-corrected chi connectivity index (χ1v) is 7.70. The van der Waals surface area contributed by atoms with E-state index in [0.717, 1.165) is 37.8 Å². The Labute approximate surface area is 129 Å². The van der Waals surface area contributed by atoms with E-state index in [-0.39, 0.29) is 5.41 Å². The number of guanidine groups is 1. The minimum absolute atomic E-state index is 0.0131. The number of methoxy groups -OCH3 is 1. The van der Waals surface area contributed by atoms with Crippen LogP contribution in [-0.2, 0) is 5.41 Å². The second kappa shape index (κ2) is 8.55. The lowest BCUT2D eigenvalue weighted by molar-refractivity contribution is 0.414. The molecule has 1 aromatic rings. The number of hydrogen-bond donors (Lipinski definition) is 2. The highest BCUT2D eigenvalue weighted by molar-refractivity contribution is 5.79.